The summed E-state index contributed by atoms with van der Waals surface area (Å²) in [5.41, 5.74) is 5.51. The summed E-state index contributed by atoms with van der Waals surface area (Å²) in [6.07, 6.45) is 5.34. The van der Waals surface area contributed by atoms with Crippen LogP contribution in [0.1, 0.15) is 46.0 Å². The summed E-state index contributed by atoms with van der Waals surface area (Å²) < 4.78 is 0. The molecule has 3 heteroatoms. The Morgan fingerprint density at radius 2 is 2.07 bits per heavy atom. The van der Waals surface area contributed by atoms with Gasteiger partial charge in [0.2, 0.25) is 5.91 Å². The number of carbonyl (C=O) groups excluding carboxylic acids is 1. The normalized spacial score (nSPS) is 21.3. The van der Waals surface area contributed by atoms with E-state index < -0.39 is 0 Å². The van der Waals surface area contributed by atoms with Crippen LogP contribution in [0.3, 0.4) is 0 Å². The van der Waals surface area contributed by atoms with E-state index in [1.165, 1.54) is 0 Å². The summed E-state index contributed by atoms with van der Waals surface area (Å²) in [5.74, 6) is 0.743. The minimum absolute atomic E-state index is 0.183. The maximum atomic E-state index is 12.0. The van der Waals surface area contributed by atoms with Gasteiger partial charge in [0, 0.05) is 13.1 Å². The van der Waals surface area contributed by atoms with E-state index in [9.17, 15) is 4.79 Å². The van der Waals surface area contributed by atoms with Crippen LogP contribution in [-0.2, 0) is 4.79 Å². The second-order valence-corrected chi connectivity index (χ2v) is 4.92. The van der Waals surface area contributed by atoms with E-state index in [4.69, 9.17) is 5.73 Å². The molecule has 0 aromatic rings. The van der Waals surface area contributed by atoms with Crippen LogP contribution in [0.5, 0.6) is 0 Å². The van der Waals surface area contributed by atoms with Crippen molar-refractivity contribution in [2.75, 3.05) is 13.1 Å². The molecule has 0 aliphatic heterocycles. The Hall–Kier alpha value is -0.570. The van der Waals surface area contributed by atoms with Crippen LogP contribution in [0.25, 0.3) is 0 Å². The molecule has 88 valence electrons. The van der Waals surface area contributed by atoms with Gasteiger partial charge >= 0.3 is 0 Å². The Balaban J connectivity index is 2.44. The van der Waals surface area contributed by atoms with E-state index in [2.05, 4.69) is 19.2 Å². The van der Waals surface area contributed by atoms with Gasteiger partial charge in [-0.2, -0.15) is 0 Å². The number of amides is 1. The molecule has 1 aliphatic carbocycles. The molecule has 3 N–H and O–H groups in total. The van der Waals surface area contributed by atoms with E-state index in [0.717, 1.165) is 38.6 Å². The third-order valence-corrected chi connectivity index (χ3v) is 3.74. The summed E-state index contributed by atoms with van der Waals surface area (Å²) in [5, 5.41) is 3.05. The zero-order valence-electron chi connectivity index (χ0n) is 10.0. The average molecular weight is 212 g/mol. The Kier molecular flexibility index (Phi) is 4.58. The smallest absolute Gasteiger partial charge is 0.227 e. The van der Waals surface area contributed by atoms with Gasteiger partial charge < -0.3 is 11.1 Å². The van der Waals surface area contributed by atoms with Crippen LogP contribution in [0.15, 0.2) is 0 Å². The van der Waals surface area contributed by atoms with Crippen molar-refractivity contribution >= 4 is 5.91 Å². The summed E-state index contributed by atoms with van der Waals surface area (Å²) in [6, 6.07) is 0. The monoisotopic (exact) mass is 212 g/mol. The van der Waals surface area contributed by atoms with E-state index >= 15 is 0 Å². The van der Waals surface area contributed by atoms with E-state index in [-0.39, 0.29) is 11.3 Å². The predicted molar refractivity (Wildman–Crippen MR) is 62.4 cm³/mol. The van der Waals surface area contributed by atoms with Crippen LogP contribution < -0.4 is 11.1 Å². The molecule has 1 aliphatic rings. The molecular weight excluding hydrogens is 188 g/mol. The molecule has 1 saturated carbocycles. The third kappa shape index (κ3) is 2.94. The number of carbonyl (C=O) groups is 1. The largest absolute Gasteiger partial charge is 0.355 e. The first kappa shape index (κ1) is 12.5. The van der Waals surface area contributed by atoms with Crippen LogP contribution in [0, 0.1) is 11.3 Å². The second-order valence-electron chi connectivity index (χ2n) is 4.92. The molecule has 1 unspecified atom stereocenters. The van der Waals surface area contributed by atoms with E-state index in [0.29, 0.717) is 12.5 Å². The maximum absolute atomic E-state index is 12.0. The van der Waals surface area contributed by atoms with Crippen LogP contribution >= 0.6 is 0 Å². The first-order valence-electron chi connectivity index (χ1n) is 6.13. The van der Waals surface area contributed by atoms with Gasteiger partial charge in [0.15, 0.2) is 0 Å². The highest BCUT2D eigenvalue weighted by Crippen LogP contribution is 2.37. The van der Waals surface area contributed by atoms with Gasteiger partial charge in [-0.3, -0.25) is 4.79 Å². The Morgan fingerprint density at radius 3 is 2.53 bits per heavy atom. The maximum Gasteiger partial charge on any atom is 0.227 e. The lowest BCUT2D eigenvalue weighted by Crippen LogP contribution is -2.45. The number of nitrogens with one attached hydrogen (secondary N) is 1. The van der Waals surface area contributed by atoms with Gasteiger partial charge in [-0.15, -0.1) is 0 Å². The number of hydrogen-bond donors (Lipinski definition) is 2. The van der Waals surface area contributed by atoms with Gasteiger partial charge in [0.1, 0.15) is 0 Å². The van der Waals surface area contributed by atoms with Crippen LogP contribution in [0.4, 0.5) is 0 Å². The predicted octanol–water partition coefficient (Wildman–Crippen LogP) is 1.67. The molecule has 3 nitrogen and oxygen atoms in total. The lowest BCUT2D eigenvalue weighted by Gasteiger charge is -2.26. The quantitative estimate of drug-likeness (QED) is 0.728. The highest BCUT2D eigenvalue weighted by atomic mass is 16.2. The minimum atomic E-state index is -0.243. The van der Waals surface area contributed by atoms with E-state index in [1.807, 2.05) is 0 Å². The lowest BCUT2D eigenvalue weighted by atomic mass is 9.85. The zero-order valence-corrected chi connectivity index (χ0v) is 10.0. The number of rotatable bonds is 5. The first-order chi connectivity index (χ1) is 7.14. The molecule has 0 aromatic carbocycles. The molecule has 0 heterocycles. The van der Waals surface area contributed by atoms with Crippen molar-refractivity contribution in [1.82, 2.24) is 5.32 Å². The summed E-state index contributed by atoms with van der Waals surface area (Å²) in [4.78, 5) is 12.0. The highest BCUT2D eigenvalue weighted by molar-refractivity contribution is 5.83. The standard InChI is InChI=1S/C12H24N2O/c1-3-10(2)8-14-11(15)12(9-13)6-4-5-7-12/h10H,3-9,13H2,1-2H3,(H,14,15). The van der Waals surface area contributed by atoms with Crippen molar-refractivity contribution in [3.63, 3.8) is 0 Å². The molecule has 0 spiro atoms. The lowest BCUT2D eigenvalue weighted by molar-refractivity contribution is -0.130. The molecule has 15 heavy (non-hydrogen) atoms. The van der Waals surface area contributed by atoms with Crippen molar-refractivity contribution in [2.45, 2.75) is 46.0 Å². The zero-order chi connectivity index (χ0) is 11.3. The third-order valence-electron chi connectivity index (χ3n) is 3.74. The first-order valence-corrected chi connectivity index (χ1v) is 6.13. The molecule has 1 amide bonds. The molecule has 0 bridgehead atoms. The molecule has 0 radical (unpaired) electrons. The highest BCUT2D eigenvalue weighted by Gasteiger charge is 2.39. The summed E-state index contributed by atoms with van der Waals surface area (Å²) in [7, 11) is 0. The molecule has 1 rings (SSSR count). The summed E-state index contributed by atoms with van der Waals surface area (Å²) in [6.45, 7) is 5.59. The van der Waals surface area contributed by atoms with Gasteiger partial charge in [0.05, 0.1) is 5.41 Å². The average Bonchev–Trinajstić information content (AvgIpc) is 2.75. The van der Waals surface area contributed by atoms with Gasteiger partial charge in [0.25, 0.3) is 0 Å². The molecular formula is C12H24N2O. The fourth-order valence-electron chi connectivity index (χ4n) is 2.17. The molecule has 0 saturated heterocycles. The van der Waals surface area contributed by atoms with Crippen molar-refractivity contribution in [1.29, 1.82) is 0 Å². The second kappa shape index (κ2) is 5.50. The Bertz CT molecular complexity index is 210. The molecule has 1 atom stereocenters. The Labute approximate surface area is 92.8 Å². The fraction of sp³-hybridized carbons (Fsp3) is 0.917. The van der Waals surface area contributed by atoms with Gasteiger partial charge in [-0.1, -0.05) is 33.1 Å². The van der Waals surface area contributed by atoms with Gasteiger partial charge in [-0.25, -0.2) is 0 Å². The molecule has 0 aromatic heterocycles. The number of hydrogen-bond acceptors (Lipinski definition) is 2. The minimum Gasteiger partial charge on any atom is -0.355 e. The van der Waals surface area contributed by atoms with Gasteiger partial charge in [-0.05, 0) is 18.8 Å². The summed E-state index contributed by atoms with van der Waals surface area (Å²) >= 11 is 0. The Morgan fingerprint density at radius 1 is 1.47 bits per heavy atom. The van der Waals surface area contributed by atoms with Crippen LogP contribution in [0.2, 0.25) is 0 Å². The van der Waals surface area contributed by atoms with Crippen molar-refractivity contribution in [3.05, 3.63) is 0 Å². The molecule has 1 fully saturated rings. The topological polar surface area (TPSA) is 55.1 Å². The number of nitrogens with two attached hydrogens (primary N) is 1. The van der Waals surface area contributed by atoms with E-state index in [1.54, 1.807) is 0 Å². The van der Waals surface area contributed by atoms with Crippen molar-refractivity contribution in [3.8, 4) is 0 Å². The van der Waals surface area contributed by atoms with Crippen LogP contribution in [-0.4, -0.2) is 19.0 Å². The SMILES string of the molecule is CCC(C)CNC(=O)C1(CN)CCCC1. The van der Waals surface area contributed by atoms with Crippen molar-refractivity contribution < 1.29 is 4.79 Å². The fourth-order valence-corrected chi connectivity index (χ4v) is 2.17. The van der Waals surface area contributed by atoms with Crippen molar-refractivity contribution in [2.24, 2.45) is 17.1 Å².